The van der Waals surface area contributed by atoms with Crippen molar-refractivity contribution in [2.24, 2.45) is 0 Å². The molecule has 1 heterocycles. The van der Waals surface area contributed by atoms with Crippen molar-refractivity contribution in [3.8, 4) is 0 Å². The minimum atomic E-state index is -0.159. The number of carbonyl (C=O) groups excluding carboxylic acids is 2. The van der Waals surface area contributed by atoms with Gasteiger partial charge >= 0.3 is 0 Å². The molecule has 0 bridgehead atoms. The van der Waals surface area contributed by atoms with E-state index in [1.165, 1.54) is 0 Å². The van der Waals surface area contributed by atoms with Gasteiger partial charge in [-0.3, -0.25) is 19.4 Å². The van der Waals surface area contributed by atoms with Gasteiger partial charge in [0.1, 0.15) is 13.1 Å². The molecule has 1 saturated heterocycles. The Balaban J connectivity index is 1.91. The fraction of sp³-hybridized carbons (Fsp3) is 0.125. The zero-order valence-electron chi connectivity index (χ0n) is 10.9. The minimum absolute atomic E-state index is 0.0935. The summed E-state index contributed by atoms with van der Waals surface area (Å²) in [6, 6.07) is 18.8. The maximum Gasteiger partial charge on any atom is 0.237 e. The summed E-state index contributed by atoms with van der Waals surface area (Å²) >= 11 is 0. The van der Waals surface area contributed by atoms with Crippen LogP contribution in [0.5, 0.6) is 0 Å². The third-order valence-electron chi connectivity index (χ3n) is 3.32. The molecule has 4 heteroatoms. The number of hydrogen-bond donors (Lipinski definition) is 0. The number of benzene rings is 2. The Morgan fingerprint density at radius 3 is 1.45 bits per heavy atom. The number of rotatable bonds is 2. The van der Waals surface area contributed by atoms with Crippen molar-refractivity contribution in [3.05, 3.63) is 60.7 Å². The first kappa shape index (κ1) is 12.4. The average Bonchev–Trinajstić information content (AvgIpc) is 2.49. The van der Waals surface area contributed by atoms with Crippen molar-refractivity contribution in [3.63, 3.8) is 0 Å². The first-order chi connectivity index (χ1) is 9.75. The molecule has 0 N–H and O–H groups in total. The summed E-state index contributed by atoms with van der Waals surface area (Å²) in [5.74, 6) is -0.318. The van der Waals surface area contributed by atoms with Gasteiger partial charge in [0, 0.05) is 11.4 Å². The lowest BCUT2D eigenvalue weighted by Crippen LogP contribution is -2.51. The lowest BCUT2D eigenvalue weighted by molar-refractivity contribution is -0.128. The molecule has 20 heavy (non-hydrogen) atoms. The molecule has 0 atom stereocenters. The van der Waals surface area contributed by atoms with Gasteiger partial charge in [-0.05, 0) is 24.3 Å². The van der Waals surface area contributed by atoms with Crippen LogP contribution in [-0.2, 0) is 9.59 Å². The lowest BCUT2D eigenvalue weighted by Gasteiger charge is -2.35. The van der Waals surface area contributed by atoms with Gasteiger partial charge in [-0.15, -0.1) is 0 Å². The van der Waals surface area contributed by atoms with Gasteiger partial charge in [-0.25, -0.2) is 0 Å². The Morgan fingerprint density at radius 1 is 0.650 bits per heavy atom. The Labute approximate surface area is 117 Å². The van der Waals surface area contributed by atoms with Crippen LogP contribution in [0.4, 0.5) is 11.4 Å². The van der Waals surface area contributed by atoms with Crippen LogP contribution in [0.15, 0.2) is 60.7 Å². The maximum atomic E-state index is 12.1. The molecule has 1 aliphatic heterocycles. The molecule has 0 spiro atoms. The quantitative estimate of drug-likeness (QED) is 0.783. The minimum Gasteiger partial charge on any atom is -0.293 e. The first-order valence-electron chi connectivity index (χ1n) is 6.46. The number of amides is 2. The third kappa shape index (κ3) is 2.28. The van der Waals surface area contributed by atoms with Crippen molar-refractivity contribution in [1.82, 2.24) is 0 Å². The second kappa shape index (κ2) is 5.17. The lowest BCUT2D eigenvalue weighted by atomic mass is 10.2. The van der Waals surface area contributed by atoms with Gasteiger partial charge in [-0.1, -0.05) is 36.4 Å². The van der Waals surface area contributed by atoms with Crippen molar-refractivity contribution in [1.29, 1.82) is 0 Å². The molecular formula is C16H14N2O2. The second-order valence-corrected chi connectivity index (χ2v) is 4.63. The Morgan fingerprint density at radius 2 is 1.05 bits per heavy atom. The van der Waals surface area contributed by atoms with Crippen LogP contribution in [0.1, 0.15) is 6.42 Å². The smallest absolute Gasteiger partial charge is 0.237 e. The largest absolute Gasteiger partial charge is 0.293 e. The second-order valence-electron chi connectivity index (χ2n) is 4.63. The molecule has 0 aliphatic carbocycles. The van der Waals surface area contributed by atoms with Crippen LogP contribution in [-0.4, -0.2) is 18.5 Å². The van der Waals surface area contributed by atoms with Gasteiger partial charge in [0.25, 0.3) is 0 Å². The SMILES string of the molecule is O=C1CC(=O)N(c2ccccc2)CN1c1ccccc1. The number of para-hydroxylation sites is 2. The average molecular weight is 266 g/mol. The number of nitrogens with zero attached hydrogens (tertiary/aromatic N) is 2. The number of hydrogen-bond acceptors (Lipinski definition) is 2. The fourth-order valence-electron chi connectivity index (χ4n) is 2.29. The number of anilines is 2. The van der Waals surface area contributed by atoms with E-state index in [4.69, 9.17) is 0 Å². The van der Waals surface area contributed by atoms with Crippen molar-refractivity contribution < 1.29 is 9.59 Å². The normalized spacial score (nSPS) is 15.6. The molecule has 0 saturated carbocycles. The number of carbonyl (C=O) groups is 2. The maximum absolute atomic E-state index is 12.1. The van der Waals surface area contributed by atoms with Crippen LogP contribution in [0.2, 0.25) is 0 Å². The van der Waals surface area contributed by atoms with E-state index in [1.807, 2.05) is 60.7 Å². The molecule has 4 nitrogen and oxygen atoms in total. The molecule has 2 aromatic rings. The molecule has 0 unspecified atom stereocenters. The van der Waals surface area contributed by atoms with Crippen molar-refractivity contribution in [2.75, 3.05) is 16.5 Å². The van der Waals surface area contributed by atoms with E-state index in [1.54, 1.807) is 9.80 Å². The van der Waals surface area contributed by atoms with E-state index in [0.29, 0.717) is 0 Å². The Kier molecular flexibility index (Phi) is 3.21. The molecule has 0 radical (unpaired) electrons. The summed E-state index contributed by atoms with van der Waals surface area (Å²) in [7, 11) is 0. The fourth-order valence-corrected chi connectivity index (χ4v) is 2.29. The summed E-state index contributed by atoms with van der Waals surface area (Å²) in [5.41, 5.74) is 1.62. The molecule has 100 valence electrons. The molecule has 3 rings (SSSR count). The van der Waals surface area contributed by atoms with Crippen LogP contribution in [0, 0.1) is 0 Å². The summed E-state index contributed by atoms with van der Waals surface area (Å²) in [6.45, 7) is 0.256. The highest BCUT2D eigenvalue weighted by Crippen LogP contribution is 2.23. The Hall–Kier alpha value is -2.62. The Bertz CT molecular complexity index is 570. The standard InChI is InChI=1S/C16H14N2O2/c19-15-11-16(20)18(14-9-5-2-6-10-14)12-17(15)13-7-3-1-4-8-13/h1-10H,11-12H2. The van der Waals surface area contributed by atoms with E-state index < -0.39 is 0 Å². The summed E-state index contributed by atoms with van der Waals surface area (Å²) in [6.07, 6.45) is -0.0935. The van der Waals surface area contributed by atoms with E-state index >= 15 is 0 Å². The predicted molar refractivity (Wildman–Crippen MR) is 77.3 cm³/mol. The first-order valence-corrected chi connectivity index (χ1v) is 6.46. The van der Waals surface area contributed by atoms with Crippen LogP contribution in [0.3, 0.4) is 0 Å². The molecule has 2 aromatic carbocycles. The highest BCUT2D eigenvalue weighted by atomic mass is 16.2. The van der Waals surface area contributed by atoms with E-state index in [0.717, 1.165) is 11.4 Å². The highest BCUT2D eigenvalue weighted by Gasteiger charge is 2.31. The molecular weight excluding hydrogens is 252 g/mol. The zero-order valence-corrected chi connectivity index (χ0v) is 10.9. The third-order valence-corrected chi connectivity index (χ3v) is 3.32. The zero-order chi connectivity index (χ0) is 13.9. The van der Waals surface area contributed by atoms with Gasteiger partial charge in [0.2, 0.25) is 11.8 Å². The van der Waals surface area contributed by atoms with Gasteiger partial charge < -0.3 is 0 Å². The molecule has 1 fully saturated rings. The predicted octanol–water partition coefficient (Wildman–Crippen LogP) is 2.41. The highest BCUT2D eigenvalue weighted by molar-refractivity contribution is 6.13. The summed E-state index contributed by atoms with van der Waals surface area (Å²) in [4.78, 5) is 27.4. The van der Waals surface area contributed by atoms with Gasteiger partial charge in [-0.2, -0.15) is 0 Å². The molecule has 2 amide bonds. The van der Waals surface area contributed by atoms with E-state index in [9.17, 15) is 9.59 Å². The van der Waals surface area contributed by atoms with Gasteiger partial charge in [0.05, 0.1) is 0 Å². The molecule has 0 aromatic heterocycles. The summed E-state index contributed by atoms with van der Waals surface area (Å²) < 4.78 is 0. The van der Waals surface area contributed by atoms with Crippen LogP contribution in [0.25, 0.3) is 0 Å². The van der Waals surface area contributed by atoms with Crippen LogP contribution < -0.4 is 9.80 Å². The topological polar surface area (TPSA) is 40.6 Å². The summed E-state index contributed by atoms with van der Waals surface area (Å²) in [5, 5.41) is 0. The molecule has 1 aliphatic rings. The van der Waals surface area contributed by atoms with Crippen LogP contribution >= 0.6 is 0 Å². The van der Waals surface area contributed by atoms with E-state index in [2.05, 4.69) is 0 Å². The van der Waals surface area contributed by atoms with E-state index in [-0.39, 0.29) is 24.9 Å². The monoisotopic (exact) mass is 266 g/mol. The van der Waals surface area contributed by atoms with Gasteiger partial charge in [0.15, 0.2) is 0 Å². The van der Waals surface area contributed by atoms with Crippen molar-refractivity contribution in [2.45, 2.75) is 6.42 Å². The van der Waals surface area contributed by atoms with Crippen molar-refractivity contribution >= 4 is 23.2 Å².